The van der Waals surface area contributed by atoms with Crippen LogP contribution in [0.15, 0.2) is 42.5 Å². The SMILES string of the molecule is CN(C(=O)c1cc(O)ccc1O)c1ccccc1CN. The number of hydrogen-bond acceptors (Lipinski definition) is 4. The average Bonchev–Trinajstić information content (AvgIpc) is 2.48. The molecule has 0 aliphatic rings. The number of rotatable bonds is 3. The molecule has 0 bridgehead atoms. The maximum Gasteiger partial charge on any atom is 0.261 e. The first kappa shape index (κ1) is 13.9. The second-order valence-electron chi connectivity index (χ2n) is 4.40. The lowest BCUT2D eigenvalue weighted by atomic mass is 10.1. The normalized spacial score (nSPS) is 10.3. The van der Waals surface area contributed by atoms with Gasteiger partial charge in [0.2, 0.25) is 0 Å². The lowest BCUT2D eigenvalue weighted by molar-refractivity contribution is 0.0990. The van der Waals surface area contributed by atoms with Crippen LogP contribution in [0.2, 0.25) is 0 Å². The summed E-state index contributed by atoms with van der Waals surface area (Å²) in [5.74, 6) is -0.671. The number of para-hydroxylation sites is 1. The maximum atomic E-state index is 12.4. The molecule has 0 aliphatic carbocycles. The van der Waals surface area contributed by atoms with Crippen molar-refractivity contribution in [2.45, 2.75) is 6.54 Å². The summed E-state index contributed by atoms with van der Waals surface area (Å²) < 4.78 is 0. The molecule has 104 valence electrons. The zero-order valence-electron chi connectivity index (χ0n) is 11.1. The molecule has 0 fully saturated rings. The van der Waals surface area contributed by atoms with E-state index in [1.165, 1.54) is 23.1 Å². The predicted molar refractivity (Wildman–Crippen MR) is 76.8 cm³/mol. The molecule has 0 saturated carbocycles. The Balaban J connectivity index is 2.40. The molecule has 2 aromatic rings. The van der Waals surface area contributed by atoms with E-state index in [-0.39, 0.29) is 17.1 Å². The molecule has 4 N–H and O–H groups in total. The highest BCUT2D eigenvalue weighted by molar-refractivity contribution is 6.08. The molecule has 5 nitrogen and oxygen atoms in total. The first-order valence-electron chi connectivity index (χ1n) is 6.12. The molecule has 0 heterocycles. The molecule has 0 unspecified atom stereocenters. The molecule has 2 rings (SSSR count). The number of hydrogen-bond donors (Lipinski definition) is 3. The minimum atomic E-state index is -0.417. The van der Waals surface area contributed by atoms with E-state index in [9.17, 15) is 15.0 Å². The summed E-state index contributed by atoms with van der Waals surface area (Å²) in [5.41, 5.74) is 7.19. The van der Waals surface area contributed by atoms with E-state index in [0.29, 0.717) is 12.2 Å². The molecule has 0 atom stereocenters. The second kappa shape index (κ2) is 5.63. The summed E-state index contributed by atoms with van der Waals surface area (Å²) in [7, 11) is 1.60. The lowest BCUT2D eigenvalue weighted by Crippen LogP contribution is -2.27. The third-order valence-electron chi connectivity index (χ3n) is 3.09. The molecule has 0 saturated heterocycles. The fourth-order valence-corrected chi connectivity index (χ4v) is 2.00. The minimum absolute atomic E-state index is 0.0410. The molecule has 0 aromatic heterocycles. The standard InChI is InChI=1S/C15H16N2O3/c1-17(13-5-3-2-4-10(13)9-16)15(20)12-8-11(18)6-7-14(12)19/h2-8,18-19H,9,16H2,1H3. The molecule has 20 heavy (non-hydrogen) atoms. The smallest absolute Gasteiger partial charge is 0.261 e. The number of anilines is 1. The van der Waals surface area contributed by atoms with Gasteiger partial charge in [-0.05, 0) is 29.8 Å². The van der Waals surface area contributed by atoms with Gasteiger partial charge in [-0.3, -0.25) is 4.79 Å². The Labute approximate surface area is 116 Å². The number of aromatic hydroxyl groups is 2. The van der Waals surface area contributed by atoms with Gasteiger partial charge in [-0.15, -0.1) is 0 Å². The van der Waals surface area contributed by atoms with E-state index in [1.54, 1.807) is 19.2 Å². The van der Waals surface area contributed by atoms with Crippen molar-refractivity contribution in [3.8, 4) is 11.5 Å². The van der Waals surface area contributed by atoms with Crippen molar-refractivity contribution in [2.75, 3.05) is 11.9 Å². The van der Waals surface area contributed by atoms with E-state index in [4.69, 9.17) is 5.73 Å². The summed E-state index contributed by atoms with van der Waals surface area (Å²) in [6, 6.07) is 11.1. The Kier molecular flexibility index (Phi) is 3.91. The predicted octanol–water partition coefficient (Wildman–Crippen LogP) is 1.83. The van der Waals surface area contributed by atoms with E-state index < -0.39 is 5.91 Å². The van der Waals surface area contributed by atoms with Crippen LogP contribution in [-0.4, -0.2) is 23.2 Å². The number of carbonyl (C=O) groups excluding carboxylic acids is 1. The van der Waals surface area contributed by atoms with Gasteiger partial charge in [-0.1, -0.05) is 18.2 Å². The highest BCUT2D eigenvalue weighted by Gasteiger charge is 2.19. The fraction of sp³-hybridized carbons (Fsp3) is 0.133. The third kappa shape index (κ3) is 2.57. The third-order valence-corrected chi connectivity index (χ3v) is 3.09. The molecule has 1 amide bonds. The first-order valence-corrected chi connectivity index (χ1v) is 6.12. The zero-order valence-corrected chi connectivity index (χ0v) is 11.1. The Bertz CT molecular complexity index is 641. The Hall–Kier alpha value is -2.53. The van der Waals surface area contributed by atoms with Crippen molar-refractivity contribution in [3.63, 3.8) is 0 Å². The van der Waals surface area contributed by atoms with Crippen molar-refractivity contribution in [3.05, 3.63) is 53.6 Å². The number of amides is 1. The molecule has 5 heteroatoms. The van der Waals surface area contributed by atoms with Crippen LogP contribution < -0.4 is 10.6 Å². The van der Waals surface area contributed by atoms with Crippen LogP contribution in [0.5, 0.6) is 11.5 Å². The fourth-order valence-electron chi connectivity index (χ4n) is 2.00. The first-order chi connectivity index (χ1) is 9.54. The van der Waals surface area contributed by atoms with Crippen molar-refractivity contribution in [1.82, 2.24) is 0 Å². The zero-order chi connectivity index (χ0) is 14.7. The topological polar surface area (TPSA) is 86.8 Å². The van der Waals surface area contributed by atoms with Crippen LogP contribution in [0.4, 0.5) is 5.69 Å². The highest BCUT2D eigenvalue weighted by atomic mass is 16.3. The number of phenols is 2. The number of benzene rings is 2. The van der Waals surface area contributed by atoms with Gasteiger partial charge in [0, 0.05) is 19.3 Å². The van der Waals surface area contributed by atoms with Crippen LogP contribution >= 0.6 is 0 Å². The van der Waals surface area contributed by atoms with E-state index >= 15 is 0 Å². The van der Waals surface area contributed by atoms with Crippen LogP contribution in [0.1, 0.15) is 15.9 Å². The quantitative estimate of drug-likeness (QED) is 0.744. The number of phenolic OH excluding ortho intramolecular Hbond substituents is 2. The van der Waals surface area contributed by atoms with Gasteiger partial charge in [0.05, 0.1) is 5.56 Å². The molecule has 2 aromatic carbocycles. The van der Waals surface area contributed by atoms with Gasteiger partial charge >= 0.3 is 0 Å². The number of nitrogens with two attached hydrogens (primary N) is 1. The molecule has 0 spiro atoms. The summed E-state index contributed by atoms with van der Waals surface area (Å²) in [6.07, 6.45) is 0. The largest absolute Gasteiger partial charge is 0.508 e. The van der Waals surface area contributed by atoms with Gasteiger partial charge < -0.3 is 20.8 Å². The Morgan fingerprint density at radius 3 is 2.60 bits per heavy atom. The Morgan fingerprint density at radius 1 is 1.20 bits per heavy atom. The second-order valence-corrected chi connectivity index (χ2v) is 4.40. The minimum Gasteiger partial charge on any atom is -0.508 e. The summed E-state index contributed by atoms with van der Waals surface area (Å²) in [6.45, 7) is 0.305. The van der Waals surface area contributed by atoms with Crippen LogP contribution in [0.3, 0.4) is 0 Å². The summed E-state index contributed by atoms with van der Waals surface area (Å²) in [4.78, 5) is 13.8. The molecular formula is C15H16N2O3. The molecule has 0 aliphatic heterocycles. The van der Waals surface area contributed by atoms with Crippen LogP contribution in [-0.2, 0) is 6.54 Å². The van der Waals surface area contributed by atoms with Crippen LogP contribution in [0.25, 0.3) is 0 Å². The van der Waals surface area contributed by atoms with Gasteiger partial charge in [0.25, 0.3) is 5.91 Å². The van der Waals surface area contributed by atoms with Gasteiger partial charge in [-0.25, -0.2) is 0 Å². The van der Waals surface area contributed by atoms with Crippen molar-refractivity contribution in [1.29, 1.82) is 0 Å². The van der Waals surface area contributed by atoms with E-state index in [0.717, 1.165) is 5.56 Å². The van der Waals surface area contributed by atoms with Gasteiger partial charge in [-0.2, -0.15) is 0 Å². The van der Waals surface area contributed by atoms with E-state index in [1.807, 2.05) is 12.1 Å². The highest BCUT2D eigenvalue weighted by Crippen LogP contribution is 2.26. The van der Waals surface area contributed by atoms with Gasteiger partial charge in [0.15, 0.2) is 0 Å². The van der Waals surface area contributed by atoms with E-state index in [2.05, 4.69) is 0 Å². The summed E-state index contributed by atoms with van der Waals surface area (Å²) in [5, 5.41) is 19.2. The monoisotopic (exact) mass is 272 g/mol. The molecule has 0 radical (unpaired) electrons. The molecular weight excluding hydrogens is 256 g/mol. The summed E-state index contributed by atoms with van der Waals surface area (Å²) >= 11 is 0. The maximum absolute atomic E-state index is 12.4. The Morgan fingerprint density at radius 2 is 1.90 bits per heavy atom. The van der Waals surface area contributed by atoms with Crippen molar-refractivity contribution < 1.29 is 15.0 Å². The van der Waals surface area contributed by atoms with Gasteiger partial charge in [0.1, 0.15) is 11.5 Å². The average molecular weight is 272 g/mol. The number of nitrogens with zero attached hydrogens (tertiary/aromatic N) is 1. The van der Waals surface area contributed by atoms with Crippen molar-refractivity contribution >= 4 is 11.6 Å². The lowest BCUT2D eigenvalue weighted by Gasteiger charge is -2.20. The number of carbonyl (C=O) groups is 1. The van der Waals surface area contributed by atoms with Crippen LogP contribution in [0, 0.1) is 0 Å². The van der Waals surface area contributed by atoms with Crippen molar-refractivity contribution in [2.24, 2.45) is 5.73 Å².